The molecule has 0 radical (unpaired) electrons. The molecule has 3 aromatic rings. The summed E-state index contributed by atoms with van der Waals surface area (Å²) >= 11 is 2.94. The van der Waals surface area contributed by atoms with Crippen LogP contribution < -0.4 is 10.1 Å². The van der Waals surface area contributed by atoms with Crippen LogP contribution in [0.1, 0.15) is 53.9 Å². The highest BCUT2D eigenvalue weighted by atomic mass is 32.1. The Morgan fingerprint density at radius 2 is 1.93 bits per heavy atom. The molecule has 0 atom stereocenters. The van der Waals surface area contributed by atoms with Gasteiger partial charge in [0.2, 0.25) is 11.0 Å². The zero-order chi connectivity index (χ0) is 19.9. The number of nitrogens with zero attached hydrogens (tertiary/aromatic N) is 3. The topological polar surface area (TPSA) is 77.0 Å². The van der Waals surface area contributed by atoms with Gasteiger partial charge in [0.25, 0.3) is 0 Å². The normalized spacial score (nSPS) is 11.0. The summed E-state index contributed by atoms with van der Waals surface area (Å²) in [5, 5.41) is 15.4. The number of nitrogens with one attached hydrogen (secondary N) is 1. The zero-order valence-corrected chi connectivity index (χ0v) is 17.9. The molecule has 2 heterocycles. The molecule has 0 unspecified atom stereocenters. The lowest BCUT2D eigenvalue weighted by Crippen LogP contribution is -2.14. The van der Waals surface area contributed by atoms with Crippen molar-refractivity contribution in [2.45, 2.75) is 52.6 Å². The van der Waals surface area contributed by atoms with Gasteiger partial charge < -0.3 is 10.1 Å². The van der Waals surface area contributed by atoms with Gasteiger partial charge in [0.05, 0.1) is 12.1 Å². The minimum Gasteiger partial charge on any atom is -0.486 e. The van der Waals surface area contributed by atoms with Crippen LogP contribution in [-0.4, -0.2) is 21.1 Å². The Bertz CT molecular complexity index is 901. The van der Waals surface area contributed by atoms with Crippen LogP contribution in [0.15, 0.2) is 29.6 Å². The molecule has 3 rings (SSSR count). The zero-order valence-electron chi connectivity index (χ0n) is 16.3. The number of amides is 1. The predicted molar refractivity (Wildman–Crippen MR) is 113 cm³/mol. The van der Waals surface area contributed by atoms with Gasteiger partial charge in [0.1, 0.15) is 22.4 Å². The molecule has 0 bridgehead atoms. The average molecular weight is 417 g/mol. The summed E-state index contributed by atoms with van der Waals surface area (Å²) in [4.78, 5) is 16.8. The largest absolute Gasteiger partial charge is 0.486 e. The molecule has 0 aliphatic heterocycles. The number of carbonyl (C=O) groups excluding carboxylic acids is 1. The van der Waals surface area contributed by atoms with Gasteiger partial charge in [0.15, 0.2) is 0 Å². The molecule has 148 valence electrons. The maximum absolute atomic E-state index is 12.3. The van der Waals surface area contributed by atoms with E-state index in [0.717, 1.165) is 34.3 Å². The standard InChI is InChI=1S/C20H24N4O2S2/c1-4-14(5-2)19-23-24-20(28-19)22-17(25)10-15-12-27-18(21-15)11-26-16-8-6-13(3)7-9-16/h6-9,12,14H,4-5,10-11H2,1-3H3,(H,22,24,25). The maximum Gasteiger partial charge on any atom is 0.232 e. The highest BCUT2D eigenvalue weighted by Gasteiger charge is 2.15. The number of aromatic nitrogens is 3. The third-order valence-electron chi connectivity index (χ3n) is 4.35. The van der Waals surface area contributed by atoms with Crippen LogP contribution in [0.4, 0.5) is 5.13 Å². The number of thiazole rings is 1. The summed E-state index contributed by atoms with van der Waals surface area (Å²) in [6.07, 6.45) is 2.25. The van der Waals surface area contributed by atoms with Gasteiger partial charge in [-0.25, -0.2) is 4.98 Å². The fourth-order valence-electron chi connectivity index (χ4n) is 2.69. The van der Waals surface area contributed by atoms with Crippen LogP contribution in [0.5, 0.6) is 5.75 Å². The molecule has 0 aliphatic rings. The maximum atomic E-state index is 12.3. The number of hydrogen-bond acceptors (Lipinski definition) is 7. The van der Waals surface area contributed by atoms with E-state index in [4.69, 9.17) is 4.74 Å². The highest BCUT2D eigenvalue weighted by molar-refractivity contribution is 7.15. The number of aryl methyl sites for hydroxylation is 1. The molecule has 28 heavy (non-hydrogen) atoms. The first-order valence-corrected chi connectivity index (χ1v) is 11.0. The summed E-state index contributed by atoms with van der Waals surface area (Å²) in [5.74, 6) is 1.07. The molecule has 1 N–H and O–H groups in total. The quantitative estimate of drug-likeness (QED) is 0.533. The second kappa shape index (κ2) is 9.75. The first kappa shape index (κ1) is 20.4. The lowest BCUT2D eigenvalue weighted by Gasteiger charge is -2.05. The molecule has 0 saturated carbocycles. The fourth-order valence-corrected chi connectivity index (χ4v) is 4.42. The number of rotatable bonds is 9. The van der Waals surface area contributed by atoms with Crippen molar-refractivity contribution in [2.24, 2.45) is 0 Å². The molecule has 2 aromatic heterocycles. The molecule has 0 spiro atoms. The van der Waals surface area contributed by atoms with Crippen molar-refractivity contribution >= 4 is 33.7 Å². The minimum absolute atomic E-state index is 0.136. The molecule has 0 saturated heterocycles. The number of benzene rings is 1. The SMILES string of the molecule is CCC(CC)c1nnc(NC(=O)Cc2csc(COc3ccc(C)cc3)n2)s1. The Hall–Kier alpha value is -2.32. The second-order valence-electron chi connectivity index (χ2n) is 6.52. The fraction of sp³-hybridized carbons (Fsp3) is 0.400. The molecule has 8 heteroatoms. The Labute approximate surface area is 173 Å². The van der Waals surface area contributed by atoms with Gasteiger partial charge in [-0.15, -0.1) is 21.5 Å². The second-order valence-corrected chi connectivity index (χ2v) is 8.47. The summed E-state index contributed by atoms with van der Waals surface area (Å²) in [5.41, 5.74) is 1.92. The van der Waals surface area contributed by atoms with Crippen LogP contribution >= 0.6 is 22.7 Å². The van der Waals surface area contributed by atoms with Crippen molar-refractivity contribution in [2.75, 3.05) is 5.32 Å². The number of anilines is 1. The molecule has 0 fully saturated rings. The van der Waals surface area contributed by atoms with Crippen molar-refractivity contribution in [1.82, 2.24) is 15.2 Å². The van der Waals surface area contributed by atoms with Gasteiger partial charge in [-0.1, -0.05) is 42.9 Å². The minimum atomic E-state index is -0.136. The Kier molecular flexibility index (Phi) is 7.11. The summed E-state index contributed by atoms with van der Waals surface area (Å²) in [6.45, 7) is 6.70. The first-order valence-electron chi connectivity index (χ1n) is 9.33. The molecule has 1 amide bonds. The molecular weight excluding hydrogens is 392 g/mol. The van der Waals surface area contributed by atoms with E-state index in [1.165, 1.54) is 28.2 Å². The number of carbonyl (C=O) groups is 1. The van der Waals surface area contributed by atoms with Crippen molar-refractivity contribution in [1.29, 1.82) is 0 Å². The van der Waals surface area contributed by atoms with E-state index in [-0.39, 0.29) is 12.3 Å². The average Bonchev–Trinajstić information content (AvgIpc) is 3.32. The lowest BCUT2D eigenvalue weighted by atomic mass is 10.1. The predicted octanol–water partition coefficient (Wildman–Crippen LogP) is 4.97. The van der Waals surface area contributed by atoms with Crippen LogP contribution in [0.25, 0.3) is 0 Å². The van der Waals surface area contributed by atoms with Crippen molar-refractivity contribution < 1.29 is 9.53 Å². The third-order valence-corrected chi connectivity index (χ3v) is 6.22. The van der Waals surface area contributed by atoms with E-state index in [2.05, 4.69) is 34.3 Å². The highest BCUT2D eigenvalue weighted by Crippen LogP contribution is 2.28. The summed E-state index contributed by atoms with van der Waals surface area (Å²) < 4.78 is 5.74. The third kappa shape index (κ3) is 5.59. The van der Waals surface area contributed by atoms with Gasteiger partial charge >= 0.3 is 0 Å². The van der Waals surface area contributed by atoms with E-state index < -0.39 is 0 Å². The summed E-state index contributed by atoms with van der Waals surface area (Å²) in [7, 11) is 0. The first-order chi connectivity index (χ1) is 13.6. The molecular formula is C20H24N4O2S2. The van der Waals surface area contributed by atoms with Gasteiger partial charge in [0, 0.05) is 11.3 Å². The summed E-state index contributed by atoms with van der Waals surface area (Å²) in [6, 6.07) is 7.90. The van der Waals surface area contributed by atoms with Gasteiger partial charge in [-0.3, -0.25) is 4.79 Å². The number of ether oxygens (including phenoxy) is 1. The van der Waals surface area contributed by atoms with Gasteiger partial charge in [-0.05, 0) is 31.9 Å². The van der Waals surface area contributed by atoms with Crippen molar-refractivity contribution in [3.8, 4) is 5.75 Å². The Morgan fingerprint density at radius 3 is 2.64 bits per heavy atom. The van der Waals surface area contributed by atoms with E-state index in [0.29, 0.717) is 17.7 Å². The van der Waals surface area contributed by atoms with Crippen LogP contribution in [0.2, 0.25) is 0 Å². The van der Waals surface area contributed by atoms with E-state index in [1.54, 1.807) is 0 Å². The van der Waals surface area contributed by atoms with E-state index in [1.807, 2.05) is 36.6 Å². The van der Waals surface area contributed by atoms with Crippen LogP contribution in [0.3, 0.4) is 0 Å². The van der Waals surface area contributed by atoms with Crippen molar-refractivity contribution in [3.63, 3.8) is 0 Å². The van der Waals surface area contributed by atoms with E-state index >= 15 is 0 Å². The smallest absolute Gasteiger partial charge is 0.232 e. The van der Waals surface area contributed by atoms with Gasteiger partial charge in [-0.2, -0.15) is 0 Å². The molecule has 1 aromatic carbocycles. The Balaban J connectivity index is 1.50. The lowest BCUT2D eigenvalue weighted by molar-refractivity contribution is -0.115. The molecule has 6 nitrogen and oxygen atoms in total. The van der Waals surface area contributed by atoms with E-state index in [9.17, 15) is 4.79 Å². The monoisotopic (exact) mass is 416 g/mol. The van der Waals surface area contributed by atoms with Crippen LogP contribution in [-0.2, 0) is 17.8 Å². The Morgan fingerprint density at radius 1 is 1.18 bits per heavy atom. The molecule has 0 aliphatic carbocycles. The van der Waals surface area contributed by atoms with Crippen molar-refractivity contribution in [3.05, 3.63) is 50.9 Å². The number of hydrogen-bond donors (Lipinski definition) is 1. The van der Waals surface area contributed by atoms with Crippen LogP contribution in [0, 0.1) is 6.92 Å².